The first-order valence-corrected chi connectivity index (χ1v) is 46.3. The number of halogens is 5. The Balaban J connectivity index is 0.735. The molecule has 37 heteroatoms. The molecule has 4 amide bonds. The van der Waals surface area contributed by atoms with E-state index in [1.165, 1.54) is 26.8 Å². The Labute approximate surface area is 735 Å². The number of carboxylic acids is 1. The highest BCUT2D eigenvalue weighted by Gasteiger charge is 2.37. The number of hydrogen-bond acceptors (Lipinski definition) is 21. The first-order valence-electron chi connectivity index (χ1n) is 40.0. The van der Waals surface area contributed by atoms with Crippen LogP contribution in [-0.4, -0.2) is 289 Å². The molecule has 664 valence electrons. The molecule has 0 unspecified atom stereocenters. The zero-order chi connectivity index (χ0) is 87.6. The summed E-state index contributed by atoms with van der Waals surface area (Å²) in [6, 6.07) is 31.6. The van der Waals surface area contributed by atoms with Crippen LogP contribution in [0.15, 0.2) is 124 Å². The summed E-state index contributed by atoms with van der Waals surface area (Å²) in [5.41, 5.74) is 7.93. The molecular formula is C84H111Cl5N10O19S3. The molecule has 3 heterocycles. The summed E-state index contributed by atoms with van der Waals surface area (Å²) in [6.07, 6.45) is -0.772. The number of ether oxygens (including phenoxy) is 7. The summed E-state index contributed by atoms with van der Waals surface area (Å²) in [6.45, 7) is 5.79. The average molecular weight is 1840 g/mol. The second kappa shape index (κ2) is 47.1. The SMILES string of the molecule is Cc1cc(Cl)c2c(c1)[C@H](c1cccc(S(=O)(=O)NCCOCCOCCN(C)C(=O)CCC(CCC(=O)N(C)CCOCCOCCNS(=O)(=O)c3cccc([C@@H]4CN(C)Cc5c(Cl)cc(Cl)cc54)c3)(CCC(=O)N(C)CCOCCOCCNS(=O)(=O)c3cccc([C@@H]4CN(C)Cc5c(Cl)cc(Cl)cc54)c3)NC(=O)COCC(=O)O)c1)CN(C)C2. The number of carbonyl (C=O) groups is 5. The van der Waals surface area contributed by atoms with Crippen molar-refractivity contribution < 1.29 is 87.5 Å². The average Bonchev–Trinajstić information content (AvgIpc) is 0.780. The molecule has 9 rings (SSSR count). The molecular weight excluding hydrogens is 1730 g/mol. The van der Waals surface area contributed by atoms with Gasteiger partial charge >= 0.3 is 5.97 Å². The summed E-state index contributed by atoms with van der Waals surface area (Å²) in [5.74, 6) is -3.60. The Hall–Kier alpha value is -6.55. The topological polar surface area (TPSA) is 340 Å². The van der Waals surface area contributed by atoms with Crippen LogP contribution in [-0.2, 0) is 107 Å². The van der Waals surface area contributed by atoms with Gasteiger partial charge in [0.25, 0.3) is 0 Å². The zero-order valence-electron chi connectivity index (χ0n) is 69.3. The van der Waals surface area contributed by atoms with E-state index in [9.17, 15) is 54.3 Å². The highest BCUT2D eigenvalue weighted by Crippen LogP contribution is 2.42. The monoisotopic (exact) mass is 1830 g/mol. The van der Waals surface area contributed by atoms with Crippen molar-refractivity contribution in [3.8, 4) is 0 Å². The highest BCUT2D eigenvalue weighted by molar-refractivity contribution is 7.90. The second-order valence-electron chi connectivity index (χ2n) is 30.7. The van der Waals surface area contributed by atoms with Gasteiger partial charge < -0.3 is 73.0 Å². The summed E-state index contributed by atoms with van der Waals surface area (Å²) in [4.78, 5) is 78.3. The van der Waals surface area contributed by atoms with Crippen LogP contribution in [0, 0.1) is 6.92 Å². The van der Waals surface area contributed by atoms with Gasteiger partial charge in [0, 0.05) is 167 Å². The van der Waals surface area contributed by atoms with Crippen LogP contribution in [0.1, 0.15) is 112 Å². The van der Waals surface area contributed by atoms with Crippen LogP contribution in [0.2, 0.25) is 25.1 Å². The third kappa shape index (κ3) is 29.8. The minimum absolute atomic E-state index is 0.00903. The maximum Gasteiger partial charge on any atom is 0.329 e. The zero-order valence-corrected chi connectivity index (χ0v) is 75.6. The standard InChI is InChI=1S/C84H111Cl5N10O19S3/c1-58-41-67-70(50-94(2)53-73(67)76(87)42-58)59-11-8-14-64(43-59)119(106,107)90-23-29-112-35-38-115-32-26-97(5)80(101)17-20-84(93-79(100)56-118-57-83(104)105,21-18-81(102)98(6)27-33-116-39-36-113-30-24-91-120(108,109)65-15-9-12-60(44-65)71-51-95(3)54-74-68(71)46-62(85)48-77(74)88)22-19-82(103)99(7)28-34-117-40-37-114-31-25-92-121(110,111)66-16-10-13-61(45-66)72-52-96(4)55-75-69(72)47-63(86)49-78(75)89/h8-16,41-49,70-72,90-92H,17-40,50-57H2,1-7H3,(H,93,100)(H,104,105)/t70-,71-,72-/m0/s1. The van der Waals surface area contributed by atoms with Crippen molar-refractivity contribution in [2.24, 2.45) is 0 Å². The molecule has 0 saturated carbocycles. The minimum atomic E-state index is -3.93. The molecule has 3 atom stereocenters. The van der Waals surface area contributed by atoms with Crippen molar-refractivity contribution in [1.29, 1.82) is 0 Å². The third-order valence-electron chi connectivity index (χ3n) is 21.4. The fourth-order valence-corrected chi connectivity index (χ4v) is 19.6. The van der Waals surface area contributed by atoms with Crippen LogP contribution in [0.25, 0.3) is 0 Å². The molecule has 29 nitrogen and oxygen atoms in total. The van der Waals surface area contributed by atoms with Crippen molar-refractivity contribution in [2.75, 3.05) is 194 Å². The molecule has 0 aliphatic carbocycles. The van der Waals surface area contributed by atoms with E-state index in [0.717, 1.165) is 55.6 Å². The van der Waals surface area contributed by atoms with Gasteiger partial charge in [0.05, 0.1) is 94.0 Å². The van der Waals surface area contributed by atoms with E-state index in [0.29, 0.717) is 64.4 Å². The van der Waals surface area contributed by atoms with Gasteiger partial charge in [-0.25, -0.2) is 44.2 Å². The molecule has 0 bridgehead atoms. The van der Waals surface area contributed by atoms with Crippen LogP contribution >= 0.6 is 58.0 Å². The van der Waals surface area contributed by atoms with Crippen molar-refractivity contribution >= 4 is 118 Å². The number of amides is 4. The summed E-state index contributed by atoms with van der Waals surface area (Å²) in [7, 11) is -1.11. The van der Waals surface area contributed by atoms with E-state index in [2.05, 4.69) is 40.2 Å². The Bertz CT molecular complexity index is 4440. The minimum Gasteiger partial charge on any atom is -0.480 e. The van der Waals surface area contributed by atoms with Crippen molar-refractivity contribution in [2.45, 2.75) is 103 Å². The molecule has 3 aliphatic heterocycles. The number of carbonyl (C=O) groups excluding carboxylic acids is 4. The molecule has 6 aromatic rings. The lowest BCUT2D eigenvalue weighted by atomic mass is 9.82. The largest absolute Gasteiger partial charge is 0.480 e. The smallest absolute Gasteiger partial charge is 0.329 e. The first-order chi connectivity index (χ1) is 57.6. The van der Waals surface area contributed by atoms with E-state index in [4.69, 9.17) is 91.2 Å². The number of rotatable bonds is 50. The predicted octanol–water partition coefficient (Wildman–Crippen LogP) is 9.00. The lowest BCUT2D eigenvalue weighted by Gasteiger charge is -2.36. The molecule has 6 aromatic carbocycles. The lowest BCUT2D eigenvalue weighted by Crippen LogP contribution is -2.52. The van der Waals surface area contributed by atoms with Gasteiger partial charge in [-0.2, -0.15) is 0 Å². The second-order valence-corrected chi connectivity index (χ2v) is 38.1. The van der Waals surface area contributed by atoms with E-state index < -0.39 is 60.7 Å². The summed E-state index contributed by atoms with van der Waals surface area (Å²) >= 11 is 32.7. The number of fused-ring (bicyclic) bond motifs is 3. The van der Waals surface area contributed by atoms with E-state index in [1.807, 2.05) is 64.5 Å². The van der Waals surface area contributed by atoms with Gasteiger partial charge in [-0.3, -0.25) is 19.2 Å². The van der Waals surface area contributed by atoms with Crippen LogP contribution in [0.4, 0.5) is 0 Å². The van der Waals surface area contributed by atoms with E-state index >= 15 is 0 Å². The van der Waals surface area contributed by atoms with Crippen LogP contribution in [0.5, 0.6) is 0 Å². The molecule has 0 fully saturated rings. The lowest BCUT2D eigenvalue weighted by molar-refractivity contribution is -0.144. The molecule has 121 heavy (non-hydrogen) atoms. The highest BCUT2D eigenvalue weighted by atomic mass is 35.5. The van der Waals surface area contributed by atoms with Gasteiger partial charge in [-0.05, 0) is 170 Å². The summed E-state index contributed by atoms with van der Waals surface area (Å²) in [5, 5.41) is 15.0. The number of aryl methyl sites for hydroxylation is 1. The quantitative estimate of drug-likeness (QED) is 0.0222. The number of nitrogens with zero attached hydrogens (tertiary/aromatic N) is 6. The van der Waals surface area contributed by atoms with Gasteiger partial charge in [0.1, 0.15) is 13.2 Å². The Kier molecular flexibility index (Phi) is 38.3. The van der Waals surface area contributed by atoms with Crippen molar-refractivity contribution in [3.63, 3.8) is 0 Å². The predicted molar refractivity (Wildman–Crippen MR) is 463 cm³/mol. The number of hydrogen-bond donors (Lipinski definition) is 5. The number of carboxylic acid groups (broad SMARTS) is 1. The number of nitrogens with one attached hydrogen (secondary N) is 4. The Morgan fingerprint density at radius 1 is 0.430 bits per heavy atom. The van der Waals surface area contributed by atoms with E-state index in [1.54, 1.807) is 75.7 Å². The molecule has 5 N–H and O–H groups in total. The molecule has 0 spiro atoms. The Morgan fingerprint density at radius 3 is 1.07 bits per heavy atom. The van der Waals surface area contributed by atoms with E-state index in [-0.39, 0.29) is 207 Å². The maximum absolute atomic E-state index is 14.0. The van der Waals surface area contributed by atoms with Crippen molar-refractivity contribution in [1.82, 2.24) is 48.9 Å². The molecule has 0 aromatic heterocycles. The number of aliphatic carboxylic acids is 1. The van der Waals surface area contributed by atoms with Crippen LogP contribution < -0.4 is 19.5 Å². The molecule has 0 radical (unpaired) electrons. The maximum atomic E-state index is 14.0. The third-order valence-corrected chi connectivity index (χ3v) is 27.2. The van der Waals surface area contributed by atoms with Gasteiger partial charge in [0.15, 0.2) is 0 Å². The Morgan fingerprint density at radius 2 is 0.744 bits per heavy atom. The first kappa shape index (κ1) is 98.2. The number of likely N-dealkylation sites (N-methyl/N-ethyl adjacent to an activating group) is 6. The van der Waals surface area contributed by atoms with Gasteiger partial charge in [0.2, 0.25) is 53.7 Å². The van der Waals surface area contributed by atoms with Gasteiger partial charge in [-0.1, -0.05) is 100 Å². The van der Waals surface area contributed by atoms with Gasteiger partial charge in [-0.15, -0.1) is 0 Å². The van der Waals surface area contributed by atoms with Crippen LogP contribution in [0.3, 0.4) is 0 Å². The molecule has 3 aliphatic rings. The van der Waals surface area contributed by atoms with Crippen molar-refractivity contribution in [3.05, 3.63) is 190 Å². The fourth-order valence-electron chi connectivity index (χ4n) is 14.9. The number of benzene rings is 6. The number of sulfonamides is 3. The fraction of sp³-hybridized carbons (Fsp3) is 0.512. The molecule has 0 saturated heterocycles. The summed E-state index contributed by atoms with van der Waals surface area (Å²) < 4.78 is 128. The normalized spacial score (nSPS) is 16.0.